The zero-order chi connectivity index (χ0) is 16.6. The van der Waals surface area contributed by atoms with Crippen molar-refractivity contribution in [3.8, 4) is 0 Å². The van der Waals surface area contributed by atoms with E-state index in [1.807, 2.05) is 0 Å². The van der Waals surface area contributed by atoms with Crippen molar-refractivity contribution in [2.75, 3.05) is 5.32 Å². The monoisotopic (exact) mass is 439 g/mol. The minimum Gasteiger partial charge on any atom is -0.478 e. The van der Waals surface area contributed by atoms with E-state index in [4.69, 9.17) is 5.11 Å². The van der Waals surface area contributed by atoms with E-state index in [-0.39, 0.29) is 8.95 Å². The van der Waals surface area contributed by atoms with E-state index in [1.54, 1.807) is 0 Å². The van der Waals surface area contributed by atoms with Gasteiger partial charge < -0.3 is 10.4 Å². The largest absolute Gasteiger partial charge is 0.478 e. The van der Waals surface area contributed by atoms with Crippen LogP contribution in [0.5, 0.6) is 0 Å². The van der Waals surface area contributed by atoms with Crippen LogP contribution >= 0.6 is 31.9 Å². The molecule has 0 radical (unpaired) electrons. The third kappa shape index (κ3) is 3.70. The quantitative estimate of drug-likeness (QED) is 0.697. The summed E-state index contributed by atoms with van der Waals surface area (Å²) in [6.07, 6.45) is -6.09. The predicted molar refractivity (Wildman–Crippen MR) is 68.4 cm³/mol. The number of rotatable bonds is 3. The van der Waals surface area contributed by atoms with E-state index >= 15 is 0 Å². The number of carboxylic acid groups (broad SMARTS) is 1. The van der Waals surface area contributed by atoms with Gasteiger partial charge in [0.15, 0.2) is 0 Å². The van der Waals surface area contributed by atoms with Gasteiger partial charge in [0.1, 0.15) is 0 Å². The van der Waals surface area contributed by atoms with Crippen molar-refractivity contribution in [2.45, 2.75) is 12.1 Å². The van der Waals surface area contributed by atoms with Crippen molar-refractivity contribution >= 4 is 49.4 Å². The summed E-state index contributed by atoms with van der Waals surface area (Å²) in [6.45, 7) is 0. The molecule has 1 aromatic rings. The fourth-order valence-corrected chi connectivity index (χ4v) is 2.51. The maximum atomic E-state index is 12.8. The Morgan fingerprint density at radius 2 is 1.62 bits per heavy atom. The number of hydrogen-bond acceptors (Lipinski definition) is 2. The first-order valence-corrected chi connectivity index (χ1v) is 6.45. The maximum Gasteiger partial charge on any atom is 0.463 e. The number of nitrogens with one attached hydrogen (secondary N) is 1. The molecule has 21 heavy (non-hydrogen) atoms. The van der Waals surface area contributed by atoms with Crippen molar-refractivity contribution in [1.29, 1.82) is 0 Å². The second-order valence-electron chi connectivity index (χ2n) is 3.64. The highest BCUT2D eigenvalue weighted by molar-refractivity contribution is 9.11. The summed E-state index contributed by atoms with van der Waals surface area (Å²) in [6, 6.07) is 2.11. The number of benzene rings is 1. The molecule has 0 aromatic heterocycles. The number of halogens is 7. The van der Waals surface area contributed by atoms with Crippen LogP contribution in [0.4, 0.5) is 27.6 Å². The normalized spacial score (nSPS) is 12.1. The highest BCUT2D eigenvalue weighted by atomic mass is 79.9. The number of carbonyl (C=O) groups is 2. The number of carboxylic acids is 1. The minimum atomic E-state index is -6.09. The van der Waals surface area contributed by atoms with Crippen LogP contribution in [-0.2, 0) is 4.79 Å². The van der Waals surface area contributed by atoms with Crippen molar-refractivity contribution in [3.63, 3.8) is 0 Å². The van der Waals surface area contributed by atoms with E-state index in [2.05, 4.69) is 31.9 Å². The summed E-state index contributed by atoms with van der Waals surface area (Å²) in [5.74, 6) is -9.96. The summed E-state index contributed by atoms with van der Waals surface area (Å²) < 4.78 is 61.9. The summed E-state index contributed by atoms with van der Waals surface area (Å²) in [5, 5.41) is 10.2. The Balaban J connectivity index is 3.26. The van der Waals surface area contributed by atoms with E-state index < -0.39 is 35.2 Å². The molecule has 2 N–H and O–H groups in total. The lowest BCUT2D eigenvalue weighted by Gasteiger charge is -2.20. The molecule has 11 heteroatoms. The van der Waals surface area contributed by atoms with Crippen LogP contribution < -0.4 is 5.32 Å². The summed E-state index contributed by atoms with van der Waals surface area (Å²) >= 11 is 5.70. The third-order valence-corrected chi connectivity index (χ3v) is 3.25. The van der Waals surface area contributed by atoms with Gasteiger partial charge in [-0.25, -0.2) is 4.79 Å². The molecule has 0 aliphatic rings. The lowest BCUT2D eigenvalue weighted by atomic mass is 10.1. The van der Waals surface area contributed by atoms with Gasteiger partial charge in [0.25, 0.3) is 0 Å². The molecule has 4 nitrogen and oxygen atoms in total. The molecule has 116 valence electrons. The first kappa shape index (κ1) is 17.8. The highest BCUT2D eigenvalue weighted by Gasteiger charge is 2.63. The van der Waals surface area contributed by atoms with Gasteiger partial charge in [-0.2, -0.15) is 22.0 Å². The molecule has 1 amide bonds. The smallest absolute Gasteiger partial charge is 0.463 e. The second kappa shape index (κ2) is 5.87. The van der Waals surface area contributed by atoms with Crippen LogP contribution in [0.2, 0.25) is 0 Å². The van der Waals surface area contributed by atoms with Crippen molar-refractivity contribution in [1.82, 2.24) is 0 Å². The molecular weight excluding hydrogens is 437 g/mol. The van der Waals surface area contributed by atoms with E-state index in [0.29, 0.717) is 0 Å². The van der Waals surface area contributed by atoms with Crippen LogP contribution in [0.3, 0.4) is 0 Å². The average Bonchev–Trinajstić information content (AvgIpc) is 2.30. The molecule has 0 atom stereocenters. The van der Waals surface area contributed by atoms with Crippen molar-refractivity contribution in [2.24, 2.45) is 0 Å². The second-order valence-corrected chi connectivity index (χ2v) is 5.41. The molecule has 0 bridgehead atoms. The Bertz CT molecular complexity index is 603. The van der Waals surface area contributed by atoms with Gasteiger partial charge in [-0.3, -0.25) is 4.79 Å². The lowest BCUT2D eigenvalue weighted by molar-refractivity contribution is -0.267. The molecule has 1 rings (SSSR count). The van der Waals surface area contributed by atoms with Crippen LogP contribution in [0, 0.1) is 0 Å². The number of hydrogen-bond donors (Lipinski definition) is 2. The van der Waals surface area contributed by atoms with Gasteiger partial charge in [0, 0.05) is 8.95 Å². The van der Waals surface area contributed by atoms with Gasteiger partial charge in [-0.15, -0.1) is 0 Å². The minimum absolute atomic E-state index is 0.180. The van der Waals surface area contributed by atoms with Crippen LogP contribution in [0.1, 0.15) is 10.4 Å². The Morgan fingerprint density at radius 1 is 1.10 bits per heavy atom. The zero-order valence-corrected chi connectivity index (χ0v) is 12.7. The fraction of sp³-hybridized carbons (Fsp3) is 0.200. The molecule has 0 aliphatic heterocycles. The van der Waals surface area contributed by atoms with Gasteiger partial charge in [0.05, 0.1) is 11.3 Å². The number of carbonyl (C=O) groups excluding carboxylic acids is 1. The Morgan fingerprint density at radius 3 is 2.05 bits per heavy atom. The van der Waals surface area contributed by atoms with Crippen LogP contribution in [-0.4, -0.2) is 29.1 Å². The van der Waals surface area contributed by atoms with E-state index in [9.17, 15) is 31.5 Å². The van der Waals surface area contributed by atoms with E-state index in [0.717, 1.165) is 6.07 Å². The lowest BCUT2D eigenvalue weighted by Crippen LogP contribution is -2.47. The number of amides is 1. The van der Waals surface area contributed by atoms with Gasteiger partial charge >= 0.3 is 24.0 Å². The van der Waals surface area contributed by atoms with Crippen molar-refractivity contribution < 1.29 is 36.6 Å². The molecule has 0 fully saturated rings. The molecule has 0 unspecified atom stereocenters. The molecule has 0 saturated heterocycles. The summed E-state index contributed by atoms with van der Waals surface area (Å²) in [4.78, 5) is 22.0. The maximum absolute atomic E-state index is 12.8. The average molecular weight is 441 g/mol. The predicted octanol–water partition coefficient (Wildman–Crippen LogP) is 4.05. The summed E-state index contributed by atoms with van der Waals surface area (Å²) in [7, 11) is 0. The van der Waals surface area contributed by atoms with Crippen LogP contribution in [0.15, 0.2) is 21.1 Å². The van der Waals surface area contributed by atoms with Gasteiger partial charge in [0.2, 0.25) is 0 Å². The molecule has 0 spiro atoms. The molecule has 1 aromatic carbocycles. The van der Waals surface area contributed by atoms with E-state index in [1.165, 1.54) is 11.4 Å². The Hall–Kier alpha value is -1.23. The van der Waals surface area contributed by atoms with Crippen LogP contribution in [0.25, 0.3) is 0 Å². The fourth-order valence-electron chi connectivity index (χ4n) is 1.19. The number of aromatic carboxylic acids is 1. The molecule has 0 heterocycles. The first-order valence-electron chi connectivity index (χ1n) is 4.86. The standard InChI is InChI=1S/C10H4Br2F5NO3/c11-3-1-4(7(19)20)6(5(12)2-3)18-8(21)9(13,14)10(15,16)17/h1-2H,(H,18,21)(H,19,20). The molecule has 0 aliphatic carbocycles. The highest BCUT2D eigenvalue weighted by Crippen LogP contribution is 2.38. The van der Waals surface area contributed by atoms with Gasteiger partial charge in [-0.1, -0.05) is 15.9 Å². The SMILES string of the molecule is O=C(O)c1cc(Br)cc(Br)c1NC(=O)C(F)(F)C(F)(F)F. The third-order valence-electron chi connectivity index (χ3n) is 2.17. The Kier molecular flexibility index (Phi) is 4.98. The molecule has 0 saturated carbocycles. The topological polar surface area (TPSA) is 66.4 Å². The van der Waals surface area contributed by atoms with Crippen molar-refractivity contribution in [3.05, 3.63) is 26.6 Å². The van der Waals surface area contributed by atoms with Gasteiger partial charge in [-0.05, 0) is 28.1 Å². The number of anilines is 1. The Labute approximate surface area is 130 Å². The first-order chi connectivity index (χ1) is 9.37. The summed E-state index contributed by atoms with van der Waals surface area (Å²) in [5.41, 5.74) is -1.37. The number of alkyl halides is 5. The zero-order valence-electron chi connectivity index (χ0n) is 9.56. The molecular formula is C10H4Br2F5NO3.